The Bertz CT molecular complexity index is 4540. The lowest BCUT2D eigenvalue weighted by Crippen LogP contribution is -1.92. The minimum absolute atomic E-state index is 0.665. The Kier molecular flexibility index (Phi) is 52.3. The third-order valence-electron chi connectivity index (χ3n) is 13.5. The van der Waals surface area contributed by atoms with Crippen LogP contribution in [0, 0.1) is 96.9 Å². The average molecular weight is 1510 g/mol. The van der Waals surface area contributed by atoms with Crippen molar-refractivity contribution in [1.29, 1.82) is 0 Å². The van der Waals surface area contributed by atoms with Crippen LogP contribution in [-0.2, 0) is 14.1 Å². The molecule has 0 saturated heterocycles. The molecule has 16 rings (SSSR count). The van der Waals surface area contributed by atoms with Gasteiger partial charge in [-0.05, 0) is 189 Å². The van der Waals surface area contributed by atoms with Crippen LogP contribution in [0.25, 0.3) is 76.5 Å². The Morgan fingerprint density at radius 2 is 0.778 bits per heavy atom. The van der Waals surface area contributed by atoms with Crippen LogP contribution < -0.4 is 0 Å². The van der Waals surface area contributed by atoms with Crippen LogP contribution in [0.4, 0.5) is 0 Å². The first-order valence-electron chi connectivity index (χ1n) is 38.5. The van der Waals surface area contributed by atoms with E-state index in [0.717, 1.165) is 100 Å². The zero-order valence-corrected chi connectivity index (χ0v) is 74.3. The van der Waals surface area contributed by atoms with Gasteiger partial charge >= 0.3 is 0 Å². The van der Waals surface area contributed by atoms with Gasteiger partial charge in [-0.15, -0.1) is 22.7 Å². The molecule has 0 amide bonds. The number of imidazole rings is 4. The second kappa shape index (κ2) is 56.4. The Morgan fingerprint density at radius 3 is 1.42 bits per heavy atom. The number of hydrogen-bond donors (Lipinski definition) is 0. The fourth-order valence-corrected chi connectivity index (χ4v) is 10.8. The van der Waals surface area contributed by atoms with Crippen molar-refractivity contribution in [2.24, 2.45) is 14.1 Å². The summed E-state index contributed by atoms with van der Waals surface area (Å²) in [4.78, 5) is 50.6. The molecule has 0 unspecified atom stereocenters. The normalized spacial score (nSPS) is 9.30. The average Bonchev–Trinajstić information content (AvgIpc) is 1.66. The van der Waals surface area contributed by atoms with Gasteiger partial charge in [0.05, 0.1) is 36.0 Å². The second-order valence-corrected chi connectivity index (χ2v) is 23.9. The third-order valence-corrected chi connectivity index (χ3v) is 15.4. The molecule has 0 fully saturated rings. The quantitative estimate of drug-likeness (QED) is 0.139. The molecule has 3 aromatic carbocycles. The van der Waals surface area contributed by atoms with Gasteiger partial charge in [-0.25, -0.2) is 54.8 Å². The van der Waals surface area contributed by atoms with Crippen LogP contribution in [0.2, 0.25) is 0 Å². The van der Waals surface area contributed by atoms with E-state index >= 15 is 0 Å². The molecule has 0 bridgehead atoms. The predicted octanol–water partition coefficient (Wildman–Crippen LogP) is 26.2. The van der Waals surface area contributed by atoms with Gasteiger partial charge in [0.2, 0.25) is 5.78 Å². The molecule has 108 heavy (non-hydrogen) atoms. The zero-order valence-electron chi connectivity index (χ0n) is 72.6. The summed E-state index contributed by atoms with van der Waals surface area (Å²) >= 11 is 3.45. The lowest BCUT2D eigenvalue weighted by molar-refractivity contribution is 0.560. The molecule has 0 atom stereocenters. The van der Waals surface area contributed by atoms with Gasteiger partial charge in [0.25, 0.3) is 0 Å². The maximum absolute atomic E-state index is 5.34. The highest BCUT2D eigenvalue weighted by molar-refractivity contribution is 7.18. The molecule has 588 valence electrons. The Labute approximate surface area is 656 Å². The summed E-state index contributed by atoms with van der Waals surface area (Å²) in [5.74, 6) is 4.22. The van der Waals surface area contributed by atoms with Crippen LogP contribution in [-0.4, -0.2) is 77.7 Å². The van der Waals surface area contributed by atoms with Crippen molar-refractivity contribution in [2.45, 2.75) is 235 Å². The van der Waals surface area contributed by atoms with E-state index in [1.807, 2.05) is 316 Å². The molecule has 18 nitrogen and oxygen atoms in total. The van der Waals surface area contributed by atoms with Crippen LogP contribution in [0.5, 0.6) is 0 Å². The molecular weight excluding hydrogens is 1380 g/mol. The lowest BCUT2D eigenvalue weighted by Gasteiger charge is -1.96. The summed E-state index contributed by atoms with van der Waals surface area (Å²) in [7, 11) is 4.03. The fourth-order valence-electron chi connectivity index (χ4n) is 8.99. The minimum Gasteiger partial charge on any atom is -0.441 e. The van der Waals surface area contributed by atoms with Gasteiger partial charge in [-0.1, -0.05) is 163 Å². The third kappa shape index (κ3) is 33.1. The van der Waals surface area contributed by atoms with Crippen molar-refractivity contribution in [2.75, 3.05) is 0 Å². The summed E-state index contributed by atoms with van der Waals surface area (Å²) in [6, 6.07) is 30.8. The molecular formula is C88H132N16O2S2. The van der Waals surface area contributed by atoms with Gasteiger partial charge in [0.15, 0.2) is 39.9 Å². The molecule has 0 aliphatic rings. The predicted molar refractivity (Wildman–Crippen MR) is 470 cm³/mol. The Hall–Kier alpha value is -9.92. The van der Waals surface area contributed by atoms with E-state index in [9.17, 15) is 0 Å². The lowest BCUT2D eigenvalue weighted by atomic mass is 10.2. The number of thiazole rings is 2. The van der Waals surface area contributed by atoms with E-state index in [-0.39, 0.29) is 0 Å². The monoisotopic (exact) mass is 1510 g/mol. The molecule has 0 aliphatic heterocycles. The standard InChI is InChI=1S/C10H12N2.C9H11N3.C9H9NO.C9H9NS.C8H8N2O.C8H8N2S.C8H8N2.C7H7N3.10C2H6/c1-7-4-5-9-10(6-7)12(3)8(2)11-9;1-6-4-5-8-9(10-6)12(3)7(2)11-8;2*1-6-3-4-8-9(5-6)11-7(2)10-8;2*1-5-3-7-8(9-4-5)10-6(2)11-7;1-7-2-3-8-9-4-5-10(8)6-7;1-6-4-9-7-8-2-3-10(7)5-6;10*1-2/h4-6H,1-3H3;4-5H,1-3H3;2*3-5H,1-2H3;2*3-4H,1-2H3;2-6H,1H3;2-5H,1H3;10*1-2H3. The number of benzene rings is 3. The highest BCUT2D eigenvalue weighted by Gasteiger charge is 2.07. The van der Waals surface area contributed by atoms with E-state index in [2.05, 4.69) is 140 Å². The molecule has 13 aromatic heterocycles. The van der Waals surface area contributed by atoms with Crippen LogP contribution in [0.15, 0.2) is 156 Å². The van der Waals surface area contributed by atoms with E-state index < -0.39 is 0 Å². The number of fused-ring (bicyclic) bond motifs is 8. The Morgan fingerprint density at radius 1 is 0.324 bits per heavy atom. The van der Waals surface area contributed by atoms with E-state index in [1.54, 1.807) is 41.3 Å². The van der Waals surface area contributed by atoms with Gasteiger partial charge in [-0.2, -0.15) is 4.98 Å². The van der Waals surface area contributed by atoms with Gasteiger partial charge in [0, 0.05) is 89.4 Å². The van der Waals surface area contributed by atoms with Crippen molar-refractivity contribution >= 4 is 99.2 Å². The summed E-state index contributed by atoms with van der Waals surface area (Å²) in [5.41, 5.74) is 20.0. The minimum atomic E-state index is 0.665. The van der Waals surface area contributed by atoms with E-state index in [0.29, 0.717) is 11.5 Å². The summed E-state index contributed by atoms with van der Waals surface area (Å²) in [5, 5.41) is 2.23. The van der Waals surface area contributed by atoms with Crippen LogP contribution in [0.3, 0.4) is 0 Å². The first-order chi connectivity index (χ1) is 52.1. The van der Waals surface area contributed by atoms with Crippen LogP contribution in [0.1, 0.15) is 217 Å². The van der Waals surface area contributed by atoms with Crippen molar-refractivity contribution in [1.82, 2.24) is 77.7 Å². The summed E-state index contributed by atoms with van der Waals surface area (Å²) in [6.45, 7) is 68.0. The van der Waals surface area contributed by atoms with E-state index in [1.165, 1.54) is 42.7 Å². The van der Waals surface area contributed by atoms with Crippen LogP contribution >= 0.6 is 22.7 Å². The van der Waals surface area contributed by atoms with Crippen molar-refractivity contribution in [3.05, 3.63) is 225 Å². The number of nitrogens with zero attached hydrogens (tertiary/aromatic N) is 16. The Balaban J connectivity index is 0. The molecule has 0 aliphatic carbocycles. The van der Waals surface area contributed by atoms with Crippen molar-refractivity contribution < 1.29 is 8.83 Å². The number of hydrogen-bond acceptors (Lipinski definition) is 16. The first kappa shape index (κ1) is 100. The maximum atomic E-state index is 5.34. The molecule has 0 saturated carbocycles. The number of aromatic nitrogens is 16. The fraction of sp³-hybridized carbons (Fsp3) is 0.409. The van der Waals surface area contributed by atoms with Gasteiger partial charge in [0.1, 0.15) is 28.3 Å². The van der Waals surface area contributed by atoms with Crippen molar-refractivity contribution in [3.8, 4) is 0 Å². The molecule has 16 aromatic rings. The molecule has 20 heteroatoms. The number of pyridine rings is 4. The van der Waals surface area contributed by atoms with Crippen molar-refractivity contribution in [3.63, 3.8) is 0 Å². The SMILES string of the molecule is CC.CC.CC.CC.CC.CC.CC.CC.CC.CC.Cc1ccc2nc(C)n(C)c2c1.Cc1ccc2nc(C)n(C)c2n1.Cc1ccc2nc(C)oc2c1.Cc1ccc2nc(C)sc2c1.Cc1ccc2nccn2c1.Cc1cnc2nc(C)oc2c1.Cc1cnc2nc(C)sc2c1.Cc1cnc2nccn2c1. The number of rotatable bonds is 0. The maximum Gasteiger partial charge on any atom is 0.233 e. The summed E-state index contributed by atoms with van der Waals surface area (Å²) < 4.78 is 21.1. The number of aryl methyl sites for hydroxylation is 16. The number of oxazole rings is 2. The highest BCUT2D eigenvalue weighted by atomic mass is 32.1. The summed E-state index contributed by atoms with van der Waals surface area (Å²) in [6.07, 6.45) is 16.9. The van der Waals surface area contributed by atoms with Gasteiger partial charge < -0.3 is 22.4 Å². The first-order valence-corrected chi connectivity index (χ1v) is 40.1. The topological polar surface area (TPSA) is 200 Å². The molecule has 0 spiro atoms. The molecule has 0 N–H and O–H groups in total. The van der Waals surface area contributed by atoms with E-state index in [4.69, 9.17) is 8.83 Å². The highest BCUT2D eigenvalue weighted by Crippen LogP contribution is 2.23. The second-order valence-electron chi connectivity index (χ2n) is 21.4. The smallest absolute Gasteiger partial charge is 0.233 e. The molecule has 0 radical (unpaired) electrons. The van der Waals surface area contributed by atoms with Gasteiger partial charge in [-0.3, -0.25) is 4.40 Å². The largest absolute Gasteiger partial charge is 0.441 e. The zero-order chi connectivity index (χ0) is 82.8. The molecule has 13 heterocycles.